The number of hydrogen-bond acceptors (Lipinski definition) is 4. The van der Waals surface area contributed by atoms with Gasteiger partial charge in [-0.15, -0.1) is 0 Å². The molecule has 0 saturated heterocycles. The van der Waals surface area contributed by atoms with Crippen LogP contribution in [0.3, 0.4) is 0 Å². The number of allylic oxidation sites excluding steroid dienone is 1. The lowest BCUT2D eigenvalue weighted by Crippen LogP contribution is -2.24. The van der Waals surface area contributed by atoms with Gasteiger partial charge in [-0.05, 0) is 13.8 Å². The minimum absolute atomic E-state index is 0.509. The number of rotatable bonds is 4. The van der Waals surface area contributed by atoms with E-state index in [1.807, 2.05) is 0 Å². The smallest absolute Gasteiger partial charge is 0.321 e. The topological polar surface area (TPSA) is 91.7 Å². The van der Waals surface area contributed by atoms with Gasteiger partial charge in [0.15, 0.2) is 17.5 Å². The van der Waals surface area contributed by atoms with Crippen LogP contribution >= 0.6 is 0 Å². The van der Waals surface area contributed by atoms with Crippen molar-refractivity contribution in [1.82, 2.24) is 0 Å². The number of aliphatic hydroxyl groups is 1. The van der Waals surface area contributed by atoms with Gasteiger partial charge in [-0.25, -0.2) is 0 Å². The Morgan fingerprint density at radius 2 is 1.62 bits per heavy atom. The normalized spacial score (nSPS) is 13.5. The lowest BCUT2D eigenvalue weighted by molar-refractivity contribution is -0.145. The third-order valence-electron chi connectivity index (χ3n) is 1.30. The van der Waals surface area contributed by atoms with E-state index in [1.165, 1.54) is 0 Å². The second kappa shape index (κ2) is 4.39. The van der Waals surface area contributed by atoms with E-state index in [1.54, 1.807) is 0 Å². The molecule has 0 fully saturated rings. The molecule has 5 heteroatoms. The Morgan fingerprint density at radius 1 is 1.15 bits per heavy atom. The molecular weight excluding hydrogens is 176 g/mol. The summed E-state index contributed by atoms with van der Waals surface area (Å²) in [6, 6.07) is 0. The Kier molecular flexibility index (Phi) is 3.84. The van der Waals surface area contributed by atoms with Gasteiger partial charge in [0.05, 0.1) is 0 Å². The van der Waals surface area contributed by atoms with E-state index in [0.717, 1.165) is 19.9 Å². The number of ketones is 2. The van der Waals surface area contributed by atoms with E-state index >= 15 is 0 Å². The summed E-state index contributed by atoms with van der Waals surface area (Å²) in [4.78, 5) is 31.6. The van der Waals surface area contributed by atoms with E-state index in [2.05, 4.69) is 0 Å². The molecular formula is C8H10O5. The summed E-state index contributed by atoms with van der Waals surface area (Å²) in [5, 5.41) is 17.6. The lowest BCUT2D eigenvalue weighted by Gasteiger charge is -2.06. The molecule has 0 amide bonds. The number of aliphatic hydroxyl groups excluding tert-OH is 1. The zero-order valence-corrected chi connectivity index (χ0v) is 7.27. The highest BCUT2D eigenvalue weighted by Gasteiger charge is 2.27. The van der Waals surface area contributed by atoms with Crippen molar-refractivity contribution >= 4 is 17.5 Å². The molecule has 0 saturated carbocycles. The summed E-state index contributed by atoms with van der Waals surface area (Å²) >= 11 is 0. The highest BCUT2D eigenvalue weighted by atomic mass is 16.4. The Bertz CT molecular complexity index is 262. The Labute approximate surface area is 74.7 Å². The first-order chi connectivity index (χ1) is 5.86. The van der Waals surface area contributed by atoms with Crippen molar-refractivity contribution in [3.63, 3.8) is 0 Å². The number of aliphatic carboxylic acids is 1. The van der Waals surface area contributed by atoms with E-state index in [9.17, 15) is 14.4 Å². The van der Waals surface area contributed by atoms with Crippen LogP contribution in [0.25, 0.3) is 0 Å². The van der Waals surface area contributed by atoms with Crippen molar-refractivity contribution in [2.45, 2.75) is 13.8 Å². The lowest BCUT2D eigenvalue weighted by atomic mass is 10.0. The molecule has 0 aliphatic carbocycles. The van der Waals surface area contributed by atoms with Crippen LogP contribution in [0, 0.1) is 5.92 Å². The first-order valence-electron chi connectivity index (χ1n) is 3.50. The van der Waals surface area contributed by atoms with Crippen LogP contribution in [-0.4, -0.2) is 27.7 Å². The van der Waals surface area contributed by atoms with Crippen molar-refractivity contribution in [1.29, 1.82) is 0 Å². The molecule has 2 N–H and O–H groups in total. The quantitative estimate of drug-likeness (QED) is 0.374. The molecule has 0 bridgehead atoms. The third-order valence-corrected chi connectivity index (χ3v) is 1.30. The first-order valence-corrected chi connectivity index (χ1v) is 3.50. The van der Waals surface area contributed by atoms with Crippen LogP contribution in [-0.2, 0) is 14.4 Å². The van der Waals surface area contributed by atoms with Crippen LogP contribution in [0.2, 0.25) is 0 Å². The Hall–Kier alpha value is -1.65. The molecule has 72 valence electrons. The molecule has 0 aliphatic rings. The van der Waals surface area contributed by atoms with Crippen molar-refractivity contribution < 1.29 is 24.6 Å². The zero-order chi connectivity index (χ0) is 10.6. The Balaban J connectivity index is 4.86. The number of Topliss-reactive ketones (excluding diaryl/α,β-unsaturated/α-hetero) is 1. The van der Waals surface area contributed by atoms with Crippen molar-refractivity contribution in [3.8, 4) is 0 Å². The molecule has 13 heavy (non-hydrogen) atoms. The van der Waals surface area contributed by atoms with Gasteiger partial charge in [-0.3, -0.25) is 14.4 Å². The molecule has 5 nitrogen and oxygen atoms in total. The van der Waals surface area contributed by atoms with Gasteiger partial charge in [0.25, 0.3) is 0 Å². The van der Waals surface area contributed by atoms with Crippen molar-refractivity contribution in [2.24, 2.45) is 5.92 Å². The SMILES string of the molecule is CC(=O)C=C(O)C(C(C)=O)C(=O)O. The minimum atomic E-state index is -1.64. The fourth-order valence-electron chi connectivity index (χ4n) is 0.800. The van der Waals surface area contributed by atoms with E-state index < -0.39 is 29.2 Å². The summed E-state index contributed by atoms with van der Waals surface area (Å²) < 4.78 is 0. The highest BCUT2D eigenvalue weighted by molar-refractivity contribution is 6.01. The summed E-state index contributed by atoms with van der Waals surface area (Å²) in [5.41, 5.74) is 0. The van der Waals surface area contributed by atoms with Gasteiger partial charge in [-0.2, -0.15) is 0 Å². The molecule has 0 aromatic carbocycles. The highest BCUT2D eigenvalue weighted by Crippen LogP contribution is 2.09. The molecule has 0 heterocycles. The van der Waals surface area contributed by atoms with Crippen molar-refractivity contribution in [2.75, 3.05) is 0 Å². The van der Waals surface area contributed by atoms with Crippen LogP contribution < -0.4 is 0 Å². The largest absolute Gasteiger partial charge is 0.511 e. The zero-order valence-electron chi connectivity index (χ0n) is 7.27. The summed E-state index contributed by atoms with van der Waals surface area (Å²) in [7, 11) is 0. The predicted molar refractivity (Wildman–Crippen MR) is 43.2 cm³/mol. The van der Waals surface area contributed by atoms with Gasteiger partial charge in [0.2, 0.25) is 0 Å². The molecule has 0 spiro atoms. The molecule has 0 rings (SSSR count). The predicted octanol–water partition coefficient (Wildman–Crippen LogP) is 0.307. The van der Waals surface area contributed by atoms with Gasteiger partial charge in [0.1, 0.15) is 5.76 Å². The molecule has 0 radical (unpaired) electrons. The van der Waals surface area contributed by atoms with E-state index in [4.69, 9.17) is 10.2 Å². The van der Waals surface area contributed by atoms with Gasteiger partial charge >= 0.3 is 5.97 Å². The first kappa shape index (κ1) is 11.4. The van der Waals surface area contributed by atoms with E-state index in [-0.39, 0.29) is 0 Å². The maximum Gasteiger partial charge on any atom is 0.321 e. The van der Waals surface area contributed by atoms with Crippen molar-refractivity contribution in [3.05, 3.63) is 11.8 Å². The number of carbonyl (C=O) groups is 3. The second-order valence-corrected chi connectivity index (χ2v) is 2.56. The maximum atomic E-state index is 10.7. The molecule has 1 atom stereocenters. The van der Waals surface area contributed by atoms with Crippen LogP contribution in [0.4, 0.5) is 0 Å². The number of hydrogen-bond donors (Lipinski definition) is 2. The maximum absolute atomic E-state index is 10.7. The minimum Gasteiger partial charge on any atom is -0.511 e. The van der Waals surface area contributed by atoms with Crippen LogP contribution in [0.15, 0.2) is 11.8 Å². The van der Waals surface area contributed by atoms with Crippen LogP contribution in [0.1, 0.15) is 13.8 Å². The molecule has 0 aromatic heterocycles. The van der Waals surface area contributed by atoms with Gasteiger partial charge < -0.3 is 10.2 Å². The number of carboxylic acids is 1. The molecule has 0 aliphatic heterocycles. The standard InChI is InChI=1S/C8H10O5/c1-4(9)3-6(11)7(5(2)10)8(12)13/h3,7,11H,1-2H3,(H,12,13). The summed E-state index contributed by atoms with van der Waals surface area (Å²) in [6.45, 7) is 2.18. The van der Waals surface area contributed by atoms with Gasteiger partial charge in [0, 0.05) is 6.08 Å². The Morgan fingerprint density at radius 3 is 1.85 bits per heavy atom. The third kappa shape index (κ3) is 3.50. The molecule has 0 aromatic rings. The fourth-order valence-corrected chi connectivity index (χ4v) is 0.800. The second-order valence-electron chi connectivity index (χ2n) is 2.56. The monoisotopic (exact) mass is 186 g/mol. The number of carboxylic acid groups (broad SMARTS) is 1. The van der Waals surface area contributed by atoms with E-state index in [0.29, 0.717) is 0 Å². The fraction of sp³-hybridized carbons (Fsp3) is 0.375. The summed E-state index contributed by atoms with van der Waals surface area (Å²) in [5.74, 6) is -5.06. The molecule has 1 unspecified atom stereocenters. The average molecular weight is 186 g/mol. The van der Waals surface area contributed by atoms with Crippen LogP contribution in [0.5, 0.6) is 0 Å². The average Bonchev–Trinajstić information content (AvgIpc) is 1.81. The number of carbonyl (C=O) groups excluding carboxylic acids is 2. The summed E-state index contributed by atoms with van der Waals surface area (Å²) in [6.07, 6.45) is 0.722. The van der Waals surface area contributed by atoms with Gasteiger partial charge in [-0.1, -0.05) is 0 Å².